The van der Waals surface area contributed by atoms with Crippen LogP contribution in [0.2, 0.25) is 0 Å². The summed E-state index contributed by atoms with van der Waals surface area (Å²) in [6, 6.07) is 7.74. The summed E-state index contributed by atoms with van der Waals surface area (Å²) in [4.78, 5) is 0. The zero-order valence-electron chi connectivity index (χ0n) is 12.4. The molecule has 0 radical (unpaired) electrons. The molecule has 0 aliphatic heterocycles. The number of methoxy groups -OCH3 is 2. The van der Waals surface area contributed by atoms with Crippen LogP contribution in [0.3, 0.4) is 0 Å². The van der Waals surface area contributed by atoms with Crippen LogP contribution in [0.4, 0.5) is 20.2 Å². The van der Waals surface area contributed by atoms with Crippen molar-refractivity contribution in [3.05, 3.63) is 56.7 Å². The quantitative estimate of drug-likeness (QED) is 0.552. The SMILES string of the molecule is COC(OC)c1c(F)ccc(C)c1Nc1ccc(I)cc1F. The predicted octanol–water partition coefficient (Wildman–Crippen LogP) is 4.91. The smallest absolute Gasteiger partial charge is 0.187 e. The van der Waals surface area contributed by atoms with Gasteiger partial charge in [-0.05, 0) is 59.3 Å². The minimum absolute atomic E-state index is 0.211. The van der Waals surface area contributed by atoms with Crippen molar-refractivity contribution in [3.8, 4) is 0 Å². The molecule has 2 aromatic rings. The summed E-state index contributed by atoms with van der Waals surface area (Å²) in [5.41, 5.74) is 1.67. The third-order valence-corrected chi connectivity index (χ3v) is 3.93. The second-order valence-electron chi connectivity index (χ2n) is 4.71. The van der Waals surface area contributed by atoms with Gasteiger partial charge in [-0.2, -0.15) is 0 Å². The lowest BCUT2D eigenvalue weighted by Crippen LogP contribution is -2.11. The number of ether oxygens (including phenoxy) is 2. The highest BCUT2D eigenvalue weighted by Crippen LogP contribution is 2.34. The van der Waals surface area contributed by atoms with Crippen molar-refractivity contribution in [2.24, 2.45) is 0 Å². The second kappa shape index (κ2) is 7.34. The highest BCUT2D eigenvalue weighted by molar-refractivity contribution is 14.1. The average Bonchev–Trinajstić information content (AvgIpc) is 2.49. The number of aryl methyl sites for hydroxylation is 1. The van der Waals surface area contributed by atoms with Gasteiger partial charge in [0.25, 0.3) is 0 Å². The standard InChI is InChI=1S/C16H16F2INO2/c1-9-4-6-11(17)14(16(21-2)22-3)15(9)20-13-7-5-10(19)8-12(13)18/h4-8,16,20H,1-3H3. The lowest BCUT2D eigenvalue weighted by Gasteiger charge is -2.21. The van der Waals surface area contributed by atoms with Crippen molar-refractivity contribution in [1.29, 1.82) is 0 Å². The maximum absolute atomic E-state index is 14.2. The second-order valence-corrected chi connectivity index (χ2v) is 5.95. The van der Waals surface area contributed by atoms with E-state index < -0.39 is 17.9 Å². The molecule has 118 valence electrons. The van der Waals surface area contributed by atoms with E-state index in [9.17, 15) is 8.78 Å². The number of benzene rings is 2. The molecule has 0 bridgehead atoms. The molecule has 0 saturated heterocycles. The first kappa shape index (κ1) is 17.1. The first-order valence-electron chi connectivity index (χ1n) is 6.54. The Hall–Kier alpha value is -1.25. The molecule has 0 unspecified atom stereocenters. The third-order valence-electron chi connectivity index (χ3n) is 3.26. The zero-order valence-corrected chi connectivity index (χ0v) is 14.6. The van der Waals surface area contributed by atoms with Gasteiger partial charge >= 0.3 is 0 Å². The van der Waals surface area contributed by atoms with Crippen LogP contribution < -0.4 is 5.32 Å². The Kier molecular flexibility index (Phi) is 5.71. The van der Waals surface area contributed by atoms with E-state index in [0.29, 0.717) is 5.69 Å². The molecular formula is C16H16F2INO2. The van der Waals surface area contributed by atoms with Gasteiger partial charge < -0.3 is 14.8 Å². The maximum atomic E-state index is 14.2. The average molecular weight is 419 g/mol. The van der Waals surface area contributed by atoms with Gasteiger partial charge in [0, 0.05) is 17.8 Å². The molecule has 0 atom stereocenters. The Balaban J connectivity index is 2.52. The Morgan fingerprint density at radius 3 is 2.32 bits per heavy atom. The third kappa shape index (κ3) is 3.56. The van der Waals surface area contributed by atoms with Crippen molar-refractivity contribution in [2.45, 2.75) is 13.2 Å². The highest BCUT2D eigenvalue weighted by Gasteiger charge is 2.21. The van der Waals surface area contributed by atoms with Crippen LogP contribution in [0, 0.1) is 22.1 Å². The molecule has 0 aliphatic carbocycles. The number of anilines is 2. The summed E-state index contributed by atoms with van der Waals surface area (Å²) >= 11 is 2.03. The number of hydrogen-bond donors (Lipinski definition) is 1. The van der Waals surface area contributed by atoms with Crippen LogP contribution in [0.25, 0.3) is 0 Å². The first-order chi connectivity index (χ1) is 10.5. The first-order valence-corrected chi connectivity index (χ1v) is 7.62. The number of halogens is 3. The van der Waals surface area contributed by atoms with Crippen molar-refractivity contribution >= 4 is 34.0 Å². The van der Waals surface area contributed by atoms with Crippen LogP contribution in [0.5, 0.6) is 0 Å². The monoisotopic (exact) mass is 419 g/mol. The molecule has 0 saturated carbocycles. The largest absolute Gasteiger partial charge is 0.352 e. The van der Waals surface area contributed by atoms with Crippen LogP contribution in [-0.2, 0) is 9.47 Å². The Labute approximate surface area is 141 Å². The summed E-state index contributed by atoms with van der Waals surface area (Å²) in [6.45, 7) is 1.80. The summed E-state index contributed by atoms with van der Waals surface area (Å²) in [5.74, 6) is -0.888. The fraction of sp³-hybridized carbons (Fsp3) is 0.250. The molecule has 0 spiro atoms. The molecule has 22 heavy (non-hydrogen) atoms. The van der Waals surface area contributed by atoms with Crippen molar-refractivity contribution in [2.75, 3.05) is 19.5 Å². The maximum Gasteiger partial charge on any atom is 0.187 e. The molecule has 0 fully saturated rings. The molecule has 0 heterocycles. The summed E-state index contributed by atoms with van der Waals surface area (Å²) < 4.78 is 39.4. The Morgan fingerprint density at radius 2 is 1.73 bits per heavy atom. The molecular weight excluding hydrogens is 403 g/mol. The normalized spacial score (nSPS) is 11.0. The molecule has 2 aromatic carbocycles. The van der Waals surface area contributed by atoms with E-state index in [1.165, 1.54) is 26.4 Å². The summed E-state index contributed by atoms with van der Waals surface area (Å²) in [7, 11) is 2.84. The van der Waals surface area contributed by atoms with E-state index in [1.54, 1.807) is 25.1 Å². The molecule has 0 aliphatic rings. The summed E-state index contributed by atoms with van der Waals surface area (Å²) in [6.07, 6.45) is -0.880. The van der Waals surface area contributed by atoms with E-state index in [0.717, 1.165) is 9.13 Å². The van der Waals surface area contributed by atoms with Gasteiger partial charge in [0.15, 0.2) is 6.29 Å². The van der Waals surface area contributed by atoms with Crippen LogP contribution in [0.15, 0.2) is 30.3 Å². The molecule has 2 rings (SSSR count). The minimum Gasteiger partial charge on any atom is -0.352 e. The molecule has 3 nitrogen and oxygen atoms in total. The van der Waals surface area contributed by atoms with E-state index >= 15 is 0 Å². The zero-order chi connectivity index (χ0) is 16.3. The molecule has 0 aromatic heterocycles. The number of nitrogens with one attached hydrogen (secondary N) is 1. The topological polar surface area (TPSA) is 30.5 Å². The van der Waals surface area contributed by atoms with E-state index in [1.807, 2.05) is 22.6 Å². The van der Waals surface area contributed by atoms with Crippen molar-refractivity contribution < 1.29 is 18.3 Å². The molecule has 1 N–H and O–H groups in total. The predicted molar refractivity (Wildman–Crippen MR) is 90.3 cm³/mol. The van der Waals surface area contributed by atoms with Gasteiger partial charge in [0.05, 0.1) is 16.9 Å². The van der Waals surface area contributed by atoms with Crippen molar-refractivity contribution in [1.82, 2.24) is 0 Å². The minimum atomic E-state index is -0.880. The van der Waals surface area contributed by atoms with Crippen molar-refractivity contribution in [3.63, 3.8) is 0 Å². The van der Waals surface area contributed by atoms with Gasteiger partial charge in [0.1, 0.15) is 11.6 Å². The lowest BCUT2D eigenvalue weighted by molar-refractivity contribution is -0.107. The van der Waals surface area contributed by atoms with Gasteiger partial charge in [-0.25, -0.2) is 8.78 Å². The van der Waals surface area contributed by atoms with E-state index in [-0.39, 0.29) is 11.3 Å². The number of hydrogen-bond acceptors (Lipinski definition) is 3. The van der Waals surface area contributed by atoms with Gasteiger partial charge in [0.2, 0.25) is 0 Å². The molecule has 0 amide bonds. The van der Waals surface area contributed by atoms with Gasteiger partial charge in [-0.1, -0.05) is 6.07 Å². The Bertz CT molecular complexity index is 675. The Morgan fingerprint density at radius 1 is 1.05 bits per heavy atom. The fourth-order valence-corrected chi connectivity index (χ4v) is 2.61. The van der Waals surface area contributed by atoms with E-state index in [4.69, 9.17) is 9.47 Å². The van der Waals surface area contributed by atoms with E-state index in [2.05, 4.69) is 5.32 Å². The summed E-state index contributed by atoms with van der Waals surface area (Å²) in [5, 5.41) is 2.95. The van der Waals surface area contributed by atoms with Gasteiger partial charge in [-0.15, -0.1) is 0 Å². The fourth-order valence-electron chi connectivity index (χ4n) is 2.16. The van der Waals surface area contributed by atoms with Crippen LogP contribution in [0.1, 0.15) is 17.4 Å². The lowest BCUT2D eigenvalue weighted by atomic mass is 10.1. The van der Waals surface area contributed by atoms with Crippen LogP contribution >= 0.6 is 22.6 Å². The number of rotatable bonds is 5. The van der Waals surface area contributed by atoms with Crippen LogP contribution in [-0.4, -0.2) is 14.2 Å². The highest BCUT2D eigenvalue weighted by atomic mass is 127. The van der Waals surface area contributed by atoms with Gasteiger partial charge in [-0.3, -0.25) is 0 Å². The molecule has 6 heteroatoms.